The van der Waals surface area contributed by atoms with E-state index >= 15 is 0 Å². The molecule has 2 unspecified atom stereocenters. The highest BCUT2D eigenvalue weighted by Crippen LogP contribution is 2.35. The van der Waals surface area contributed by atoms with Gasteiger partial charge < -0.3 is 15.2 Å². The van der Waals surface area contributed by atoms with Crippen molar-refractivity contribution in [3.8, 4) is 11.5 Å². The summed E-state index contributed by atoms with van der Waals surface area (Å²) in [7, 11) is 3.22. The Balaban J connectivity index is 3.27. The van der Waals surface area contributed by atoms with Crippen LogP contribution in [0.3, 0.4) is 0 Å². The molecule has 0 saturated heterocycles. The minimum absolute atomic E-state index is 0.0682. The van der Waals surface area contributed by atoms with Crippen LogP contribution in [-0.2, 0) is 4.79 Å². The molecule has 116 valence electrons. The fraction of sp³-hybridized carbons (Fsp3) is 0.471. The topological polar surface area (TPSA) is 61.6 Å². The molecule has 0 bridgehead atoms. The number of benzene rings is 1. The number of hydrogen-bond acceptors (Lipinski definition) is 4. The van der Waals surface area contributed by atoms with E-state index in [2.05, 4.69) is 13.8 Å². The Bertz CT molecular complexity index is 523. The second kappa shape index (κ2) is 7.72. The molecular weight excluding hydrogens is 266 g/mol. The Morgan fingerprint density at radius 1 is 1.29 bits per heavy atom. The summed E-state index contributed by atoms with van der Waals surface area (Å²) in [4.78, 5) is 11.4. The Morgan fingerprint density at radius 3 is 2.38 bits per heavy atom. The number of nitrogens with two attached hydrogens (primary N) is 1. The Kier molecular flexibility index (Phi) is 6.28. The van der Waals surface area contributed by atoms with Crippen molar-refractivity contribution in [1.29, 1.82) is 0 Å². The van der Waals surface area contributed by atoms with E-state index in [0.717, 1.165) is 12.0 Å². The van der Waals surface area contributed by atoms with Gasteiger partial charge in [0.2, 0.25) is 0 Å². The minimum atomic E-state index is -0.108. The maximum atomic E-state index is 11.4. The van der Waals surface area contributed by atoms with Gasteiger partial charge in [-0.2, -0.15) is 0 Å². The van der Waals surface area contributed by atoms with Gasteiger partial charge in [-0.1, -0.05) is 32.4 Å². The van der Waals surface area contributed by atoms with E-state index in [1.165, 1.54) is 6.92 Å². The number of carbonyl (C=O) groups excluding carboxylic acids is 1. The lowest BCUT2D eigenvalue weighted by molar-refractivity contribution is -0.113. The van der Waals surface area contributed by atoms with Crippen LogP contribution in [0, 0.1) is 5.92 Å². The Hall–Kier alpha value is -1.97. The minimum Gasteiger partial charge on any atom is -0.493 e. The molecule has 4 nitrogen and oxygen atoms in total. The van der Waals surface area contributed by atoms with Gasteiger partial charge in [-0.05, 0) is 23.6 Å². The zero-order chi connectivity index (χ0) is 16.0. The van der Waals surface area contributed by atoms with Crippen LogP contribution in [-0.4, -0.2) is 20.0 Å². The normalized spacial score (nSPS) is 14.4. The summed E-state index contributed by atoms with van der Waals surface area (Å²) in [6.07, 6.45) is 2.83. The summed E-state index contributed by atoms with van der Waals surface area (Å²) in [5.41, 5.74) is 7.19. The molecule has 0 aliphatic rings. The predicted octanol–water partition coefficient (Wildman–Crippen LogP) is 3.27. The third kappa shape index (κ3) is 4.25. The summed E-state index contributed by atoms with van der Waals surface area (Å²) >= 11 is 0. The number of rotatable bonds is 7. The first-order valence-corrected chi connectivity index (χ1v) is 7.14. The first-order chi connectivity index (χ1) is 9.94. The van der Waals surface area contributed by atoms with E-state index in [9.17, 15) is 4.79 Å². The molecule has 1 rings (SSSR count). The van der Waals surface area contributed by atoms with Crippen LogP contribution < -0.4 is 15.2 Å². The van der Waals surface area contributed by atoms with E-state index < -0.39 is 0 Å². The molecule has 0 amide bonds. The highest BCUT2D eigenvalue weighted by atomic mass is 16.5. The number of carbonyl (C=O) groups is 1. The third-order valence-corrected chi connectivity index (χ3v) is 3.82. The summed E-state index contributed by atoms with van der Waals surface area (Å²) in [6.45, 7) is 5.75. The van der Waals surface area contributed by atoms with Crippen LogP contribution in [0.2, 0.25) is 0 Å². The van der Waals surface area contributed by atoms with Crippen LogP contribution in [0.25, 0.3) is 0 Å². The van der Waals surface area contributed by atoms with Crippen molar-refractivity contribution in [2.75, 3.05) is 14.2 Å². The molecule has 4 heteroatoms. The zero-order valence-corrected chi connectivity index (χ0v) is 13.5. The van der Waals surface area contributed by atoms with Crippen molar-refractivity contribution in [2.24, 2.45) is 11.7 Å². The van der Waals surface area contributed by atoms with Gasteiger partial charge in [0.05, 0.1) is 19.9 Å². The molecule has 0 saturated carbocycles. The summed E-state index contributed by atoms with van der Waals surface area (Å²) < 4.78 is 10.6. The third-order valence-electron chi connectivity index (χ3n) is 3.82. The molecule has 1 aromatic rings. The first kappa shape index (κ1) is 17.1. The second-order valence-electron chi connectivity index (χ2n) is 5.20. The van der Waals surface area contributed by atoms with Gasteiger partial charge in [-0.3, -0.25) is 4.79 Å². The van der Waals surface area contributed by atoms with Gasteiger partial charge in [-0.25, -0.2) is 0 Å². The van der Waals surface area contributed by atoms with Gasteiger partial charge >= 0.3 is 0 Å². The van der Waals surface area contributed by atoms with Crippen molar-refractivity contribution < 1.29 is 14.3 Å². The van der Waals surface area contributed by atoms with E-state index in [1.54, 1.807) is 14.2 Å². The summed E-state index contributed by atoms with van der Waals surface area (Å²) in [5, 5.41) is 0. The van der Waals surface area contributed by atoms with E-state index in [-0.39, 0.29) is 11.7 Å². The standard InChI is InChI=1S/C17H25NO3/c1-6-11(2)14(10-15(18)12(3)19)13-7-8-16(20-4)17(9-13)21-5/h7-11,14H,6,18H2,1-5H3/b15-10-. The van der Waals surface area contributed by atoms with Crippen molar-refractivity contribution in [3.63, 3.8) is 0 Å². The lowest BCUT2D eigenvalue weighted by atomic mass is 9.84. The SMILES string of the molecule is CCC(C)C(/C=C(\N)C(C)=O)c1ccc(OC)c(OC)c1. The monoisotopic (exact) mass is 291 g/mol. The Labute approximate surface area is 126 Å². The number of Topliss-reactive ketones (excluding diaryl/α,β-unsaturated/α-hetero) is 1. The zero-order valence-electron chi connectivity index (χ0n) is 13.5. The average molecular weight is 291 g/mol. The predicted molar refractivity (Wildman–Crippen MR) is 84.7 cm³/mol. The molecule has 0 spiro atoms. The maximum Gasteiger partial charge on any atom is 0.175 e. The van der Waals surface area contributed by atoms with Crippen molar-refractivity contribution in [1.82, 2.24) is 0 Å². The highest BCUT2D eigenvalue weighted by Gasteiger charge is 2.19. The molecule has 0 heterocycles. The molecule has 21 heavy (non-hydrogen) atoms. The number of allylic oxidation sites excluding steroid dienone is 2. The van der Waals surface area contributed by atoms with Crippen LogP contribution in [0.1, 0.15) is 38.7 Å². The lowest BCUT2D eigenvalue weighted by Crippen LogP contribution is -2.13. The molecule has 1 aromatic carbocycles. The van der Waals surface area contributed by atoms with Crippen molar-refractivity contribution in [3.05, 3.63) is 35.5 Å². The fourth-order valence-corrected chi connectivity index (χ4v) is 2.21. The maximum absolute atomic E-state index is 11.4. The lowest BCUT2D eigenvalue weighted by Gasteiger charge is -2.22. The average Bonchev–Trinajstić information content (AvgIpc) is 2.50. The summed E-state index contributed by atoms with van der Waals surface area (Å²) in [5.74, 6) is 1.69. The van der Waals surface area contributed by atoms with Gasteiger partial charge in [-0.15, -0.1) is 0 Å². The summed E-state index contributed by atoms with van der Waals surface area (Å²) in [6, 6.07) is 5.81. The van der Waals surface area contributed by atoms with Crippen LogP contribution in [0.15, 0.2) is 30.0 Å². The van der Waals surface area contributed by atoms with Crippen LogP contribution >= 0.6 is 0 Å². The van der Waals surface area contributed by atoms with E-state index in [1.807, 2.05) is 24.3 Å². The molecule has 0 aliphatic heterocycles. The molecule has 0 aromatic heterocycles. The van der Waals surface area contributed by atoms with Gasteiger partial charge in [0.15, 0.2) is 17.3 Å². The second-order valence-corrected chi connectivity index (χ2v) is 5.20. The van der Waals surface area contributed by atoms with E-state index in [4.69, 9.17) is 15.2 Å². The number of ether oxygens (including phenoxy) is 2. The molecule has 0 radical (unpaired) electrons. The molecular formula is C17H25NO3. The largest absolute Gasteiger partial charge is 0.493 e. The number of ketones is 1. The highest BCUT2D eigenvalue weighted by molar-refractivity contribution is 5.92. The van der Waals surface area contributed by atoms with Crippen LogP contribution in [0.5, 0.6) is 11.5 Å². The van der Waals surface area contributed by atoms with Gasteiger partial charge in [0, 0.05) is 12.8 Å². The van der Waals surface area contributed by atoms with Gasteiger partial charge in [0.1, 0.15) is 0 Å². The number of methoxy groups -OCH3 is 2. The van der Waals surface area contributed by atoms with Crippen molar-refractivity contribution >= 4 is 5.78 Å². The number of hydrogen-bond donors (Lipinski definition) is 1. The first-order valence-electron chi connectivity index (χ1n) is 7.14. The van der Waals surface area contributed by atoms with Crippen LogP contribution in [0.4, 0.5) is 0 Å². The molecule has 0 aliphatic carbocycles. The molecule has 2 N–H and O–H groups in total. The molecule has 2 atom stereocenters. The smallest absolute Gasteiger partial charge is 0.175 e. The quantitative estimate of drug-likeness (QED) is 0.783. The van der Waals surface area contributed by atoms with Gasteiger partial charge in [0.25, 0.3) is 0 Å². The molecule has 0 fully saturated rings. The van der Waals surface area contributed by atoms with E-state index in [0.29, 0.717) is 23.1 Å². The fourth-order valence-electron chi connectivity index (χ4n) is 2.21. The van der Waals surface area contributed by atoms with Crippen molar-refractivity contribution in [2.45, 2.75) is 33.1 Å². The Morgan fingerprint density at radius 2 is 1.90 bits per heavy atom.